The first-order chi connectivity index (χ1) is 6.11. The molecular weight excluding hydrogens is 278 g/mol. The van der Waals surface area contributed by atoms with Gasteiger partial charge in [0.15, 0.2) is 0 Å². The molecule has 4 nitrogen and oxygen atoms in total. The van der Waals surface area contributed by atoms with Crippen molar-refractivity contribution < 1.29 is 4.79 Å². The molecule has 0 aliphatic rings. The second-order valence-corrected chi connectivity index (χ2v) is 4.15. The number of nitrogens with zero attached hydrogens (tertiary/aromatic N) is 2. The van der Waals surface area contributed by atoms with Crippen LogP contribution in [0.2, 0.25) is 5.15 Å². The Kier molecular flexibility index (Phi) is 3.95. The summed E-state index contributed by atoms with van der Waals surface area (Å²) in [5.41, 5.74) is 4.98. The number of hydrogen-bond acceptors (Lipinski definition) is 4. The first kappa shape index (κ1) is 10.7. The minimum Gasteiger partial charge on any atom is -0.369 e. The fourth-order valence-electron chi connectivity index (χ4n) is 0.574. The number of thioether (sulfide) groups is 1. The average molecular weight is 283 g/mol. The first-order valence-electron chi connectivity index (χ1n) is 3.18. The molecule has 1 aromatic rings. The van der Waals surface area contributed by atoms with E-state index in [2.05, 4.69) is 25.9 Å². The summed E-state index contributed by atoms with van der Waals surface area (Å²) in [5.74, 6) is -0.224. The van der Waals surface area contributed by atoms with E-state index < -0.39 is 5.91 Å². The number of aromatic nitrogens is 2. The molecule has 0 aliphatic carbocycles. The summed E-state index contributed by atoms with van der Waals surface area (Å²) in [5, 5.41) is 0.931. The summed E-state index contributed by atoms with van der Waals surface area (Å²) in [4.78, 5) is 18.1. The Hall–Kier alpha value is -0.330. The van der Waals surface area contributed by atoms with Gasteiger partial charge in [-0.05, 0) is 15.9 Å². The predicted molar refractivity (Wildman–Crippen MR) is 54.7 cm³/mol. The minimum absolute atomic E-state index is 0.173. The second kappa shape index (κ2) is 4.78. The van der Waals surface area contributed by atoms with Crippen LogP contribution < -0.4 is 5.73 Å². The highest BCUT2D eigenvalue weighted by atomic mass is 79.9. The van der Waals surface area contributed by atoms with Crippen molar-refractivity contribution in [3.05, 3.63) is 16.0 Å². The minimum atomic E-state index is -0.397. The van der Waals surface area contributed by atoms with Crippen molar-refractivity contribution in [2.75, 3.05) is 5.75 Å². The van der Waals surface area contributed by atoms with Gasteiger partial charge in [0.05, 0.1) is 10.2 Å². The maximum atomic E-state index is 10.5. The third-order valence-electron chi connectivity index (χ3n) is 1.07. The Morgan fingerprint density at radius 3 is 3.00 bits per heavy atom. The molecule has 1 aromatic heterocycles. The van der Waals surface area contributed by atoms with Gasteiger partial charge in [-0.15, -0.1) is 0 Å². The Morgan fingerprint density at radius 2 is 2.38 bits per heavy atom. The normalized spacial score (nSPS) is 10.0. The molecule has 0 bridgehead atoms. The molecule has 2 N–H and O–H groups in total. The average Bonchev–Trinajstić information content (AvgIpc) is 2.07. The fourth-order valence-corrected chi connectivity index (χ4v) is 1.94. The number of halogens is 2. The predicted octanol–water partition coefficient (Wildman–Crippen LogP) is 1.47. The van der Waals surface area contributed by atoms with Crippen LogP contribution in [0.25, 0.3) is 0 Å². The number of hydrogen-bond donors (Lipinski definition) is 1. The smallest absolute Gasteiger partial charge is 0.227 e. The SMILES string of the molecule is NC(=O)CSc1ncnc(Cl)c1Br. The molecule has 1 heterocycles. The molecule has 0 spiro atoms. The van der Waals surface area contributed by atoms with E-state index in [1.807, 2.05) is 0 Å². The fraction of sp³-hybridized carbons (Fsp3) is 0.167. The van der Waals surface area contributed by atoms with Gasteiger partial charge in [-0.2, -0.15) is 0 Å². The topological polar surface area (TPSA) is 68.9 Å². The van der Waals surface area contributed by atoms with E-state index in [1.165, 1.54) is 18.1 Å². The van der Waals surface area contributed by atoms with Crippen LogP contribution in [0.4, 0.5) is 0 Å². The van der Waals surface area contributed by atoms with Gasteiger partial charge in [-0.3, -0.25) is 4.79 Å². The highest BCUT2D eigenvalue weighted by Crippen LogP contribution is 2.29. The molecule has 0 saturated heterocycles. The van der Waals surface area contributed by atoms with Crippen molar-refractivity contribution >= 4 is 45.2 Å². The summed E-state index contributed by atoms with van der Waals surface area (Å²) in [7, 11) is 0. The van der Waals surface area contributed by atoms with Gasteiger partial charge < -0.3 is 5.73 Å². The number of amides is 1. The summed E-state index contributed by atoms with van der Waals surface area (Å²) in [6.45, 7) is 0. The summed E-state index contributed by atoms with van der Waals surface area (Å²) >= 11 is 10.1. The van der Waals surface area contributed by atoms with Gasteiger partial charge in [0.2, 0.25) is 5.91 Å². The zero-order chi connectivity index (χ0) is 9.84. The molecule has 0 aliphatic heterocycles. The molecule has 0 saturated carbocycles. The number of rotatable bonds is 3. The van der Waals surface area contributed by atoms with E-state index in [1.54, 1.807) is 0 Å². The lowest BCUT2D eigenvalue weighted by Gasteiger charge is -2.01. The molecule has 1 amide bonds. The van der Waals surface area contributed by atoms with Gasteiger partial charge >= 0.3 is 0 Å². The number of nitrogens with two attached hydrogens (primary N) is 1. The Morgan fingerprint density at radius 1 is 1.69 bits per heavy atom. The van der Waals surface area contributed by atoms with Crippen molar-refractivity contribution in [1.82, 2.24) is 9.97 Å². The van der Waals surface area contributed by atoms with E-state index in [9.17, 15) is 4.79 Å². The Balaban J connectivity index is 2.77. The lowest BCUT2D eigenvalue weighted by atomic mass is 10.7. The van der Waals surface area contributed by atoms with E-state index in [4.69, 9.17) is 17.3 Å². The van der Waals surface area contributed by atoms with Crippen molar-refractivity contribution in [2.24, 2.45) is 5.73 Å². The van der Waals surface area contributed by atoms with Gasteiger partial charge in [0, 0.05) is 0 Å². The number of carbonyl (C=O) groups excluding carboxylic acids is 1. The largest absolute Gasteiger partial charge is 0.369 e. The van der Waals surface area contributed by atoms with Crippen LogP contribution >= 0.6 is 39.3 Å². The third kappa shape index (κ3) is 3.13. The van der Waals surface area contributed by atoms with Crippen LogP contribution in [0.5, 0.6) is 0 Å². The second-order valence-electron chi connectivity index (χ2n) is 2.04. The standard InChI is InChI=1S/C6H5BrClN3OS/c7-4-5(8)10-2-11-6(4)13-1-3(9)12/h2H,1H2,(H2,9,12). The highest BCUT2D eigenvalue weighted by Gasteiger charge is 2.07. The molecule has 0 fully saturated rings. The molecule has 1 rings (SSSR count). The van der Waals surface area contributed by atoms with Crippen LogP contribution in [-0.4, -0.2) is 21.6 Å². The molecule has 7 heteroatoms. The van der Waals surface area contributed by atoms with Crippen LogP contribution in [0, 0.1) is 0 Å². The van der Waals surface area contributed by atoms with Crippen molar-refractivity contribution in [1.29, 1.82) is 0 Å². The third-order valence-corrected chi connectivity index (χ3v) is 3.61. The van der Waals surface area contributed by atoms with Gasteiger partial charge in [0.25, 0.3) is 0 Å². The van der Waals surface area contributed by atoms with Crippen LogP contribution in [0.1, 0.15) is 0 Å². The molecule has 0 unspecified atom stereocenters. The number of carbonyl (C=O) groups is 1. The van der Waals surface area contributed by atoms with Gasteiger partial charge in [-0.1, -0.05) is 23.4 Å². The molecule has 0 radical (unpaired) electrons. The van der Waals surface area contributed by atoms with Gasteiger partial charge in [0.1, 0.15) is 16.5 Å². The maximum absolute atomic E-state index is 10.5. The lowest BCUT2D eigenvalue weighted by Crippen LogP contribution is -2.13. The van der Waals surface area contributed by atoms with E-state index >= 15 is 0 Å². The van der Waals surface area contributed by atoms with Crippen LogP contribution in [0.3, 0.4) is 0 Å². The van der Waals surface area contributed by atoms with E-state index in [0.29, 0.717) is 14.7 Å². The van der Waals surface area contributed by atoms with Crippen molar-refractivity contribution in [3.63, 3.8) is 0 Å². The quantitative estimate of drug-likeness (QED) is 0.673. The van der Waals surface area contributed by atoms with E-state index in [-0.39, 0.29) is 5.75 Å². The zero-order valence-corrected chi connectivity index (χ0v) is 9.49. The lowest BCUT2D eigenvalue weighted by molar-refractivity contribution is -0.115. The summed E-state index contributed by atoms with van der Waals surface area (Å²) in [6.07, 6.45) is 1.33. The van der Waals surface area contributed by atoms with Crippen molar-refractivity contribution in [3.8, 4) is 0 Å². The first-order valence-corrected chi connectivity index (χ1v) is 5.34. The monoisotopic (exact) mass is 281 g/mol. The summed E-state index contributed by atoms with van der Waals surface area (Å²) in [6, 6.07) is 0. The zero-order valence-electron chi connectivity index (χ0n) is 6.33. The molecular formula is C6H5BrClN3OS. The number of primary amides is 1. The molecule has 0 atom stereocenters. The van der Waals surface area contributed by atoms with Gasteiger partial charge in [-0.25, -0.2) is 9.97 Å². The summed E-state index contributed by atoms with van der Waals surface area (Å²) < 4.78 is 0.586. The Labute approximate surface area is 92.4 Å². The van der Waals surface area contributed by atoms with E-state index in [0.717, 1.165) is 0 Å². The highest BCUT2D eigenvalue weighted by molar-refractivity contribution is 9.10. The van der Waals surface area contributed by atoms with Crippen LogP contribution in [-0.2, 0) is 4.79 Å². The molecule has 0 aromatic carbocycles. The molecule has 13 heavy (non-hydrogen) atoms. The molecule has 70 valence electrons. The maximum Gasteiger partial charge on any atom is 0.227 e. The Bertz CT molecular complexity index is 336. The van der Waals surface area contributed by atoms with Crippen LogP contribution in [0.15, 0.2) is 15.8 Å². The van der Waals surface area contributed by atoms with Crippen molar-refractivity contribution in [2.45, 2.75) is 5.03 Å².